The molecule has 0 spiro atoms. The molecule has 29 heavy (non-hydrogen) atoms. The SMILES string of the molecule is COc1ccc([C@H]2NC(=S)NC(c3ccccc3)=C2C(=O)c2ccccc2)cc1. The number of ether oxygens (including phenoxy) is 1. The molecule has 0 fully saturated rings. The number of ketones is 1. The third-order valence-electron chi connectivity index (χ3n) is 4.86. The number of nitrogens with one attached hydrogen (secondary N) is 2. The lowest BCUT2D eigenvalue weighted by atomic mass is 9.87. The number of hydrogen-bond donors (Lipinski definition) is 2. The maximum absolute atomic E-state index is 13.6. The number of Topliss-reactive ketones (excluding diaryl/α,β-unsaturated/α-hetero) is 1. The van der Waals surface area contributed by atoms with E-state index in [1.165, 1.54) is 0 Å². The largest absolute Gasteiger partial charge is 0.497 e. The van der Waals surface area contributed by atoms with E-state index in [4.69, 9.17) is 17.0 Å². The summed E-state index contributed by atoms with van der Waals surface area (Å²) in [4.78, 5) is 13.6. The summed E-state index contributed by atoms with van der Waals surface area (Å²) in [6.45, 7) is 0. The molecule has 1 heterocycles. The Morgan fingerprint density at radius 1 is 0.897 bits per heavy atom. The molecule has 0 aliphatic carbocycles. The van der Waals surface area contributed by atoms with E-state index in [9.17, 15) is 4.79 Å². The first-order chi connectivity index (χ1) is 14.2. The van der Waals surface area contributed by atoms with E-state index in [0.29, 0.717) is 16.2 Å². The van der Waals surface area contributed by atoms with Crippen LogP contribution in [0.2, 0.25) is 0 Å². The fraction of sp³-hybridized carbons (Fsp3) is 0.0833. The molecule has 0 amide bonds. The lowest BCUT2D eigenvalue weighted by Crippen LogP contribution is -2.44. The number of hydrogen-bond acceptors (Lipinski definition) is 3. The molecule has 1 atom stereocenters. The molecule has 3 aromatic carbocycles. The molecule has 0 unspecified atom stereocenters. The predicted molar refractivity (Wildman–Crippen MR) is 119 cm³/mol. The molecule has 1 aliphatic rings. The molecule has 2 N–H and O–H groups in total. The van der Waals surface area contributed by atoms with Crippen molar-refractivity contribution in [2.24, 2.45) is 0 Å². The van der Waals surface area contributed by atoms with Crippen molar-refractivity contribution in [1.29, 1.82) is 0 Å². The van der Waals surface area contributed by atoms with Crippen molar-refractivity contribution >= 4 is 28.8 Å². The summed E-state index contributed by atoms with van der Waals surface area (Å²) in [7, 11) is 1.63. The molecule has 144 valence electrons. The topological polar surface area (TPSA) is 50.4 Å². The molecule has 4 nitrogen and oxygen atoms in total. The highest BCUT2D eigenvalue weighted by Crippen LogP contribution is 2.34. The van der Waals surface area contributed by atoms with Crippen LogP contribution < -0.4 is 15.4 Å². The summed E-state index contributed by atoms with van der Waals surface area (Å²) in [6.07, 6.45) is 0. The summed E-state index contributed by atoms with van der Waals surface area (Å²) in [5.74, 6) is 0.709. The van der Waals surface area contributed by atoms with E-state index < -0.39 is 0 Å². The van der Waals surface area contributed by atoms with Gasteiger partial charge in [0.15, 0.2) is 10.9 Å². The van der Waals surface area contributed by atoms with Gasteiger partial charge >= 0.3 is 0 Å². The molecule has 0 bridgehead atoms. The number of carbonyl (C=O) groups excluding carboxylic acids is 1. The zero-order valence-electron chi connectivity index (χ0n) is 15.9. The summed E-state index contributed by atoms with van der Waals surface area (Å²) in [6, 6.07) is 26.4. The third kappa shape index (κ3) is 3.91. The lowest BCUT2D eigenvalue weighted by Gasteiger charge is -2.32. The second-order valence-electron chi connectivity index (χ2n) is 6.65. The van der Waals surface area contributed by atoms with Gasteiger partial charge in [-0.1, -0.05) is 72.8 Å². The van der Waals surface area contributed by atoms with Crippen molar-refractivity contribution in [1.82, 2.24) is 10.6 Å². The molecular weight excluding hydrogens is 380 g/mol. The molecule has 1 aliphatic heterocycles. The van der Waals surface area contributed by atoms with Crippen LogP contribution in [0.25, 0.3) is 5.70 Å². The standard InChI is InChI=1S/C24H20N2O2S/c1-28-19-14-12-17(13-15-19)22-20(23(27)18-10-6-3-7-11-18)21(25-24(29)26-22)16-8-4-2-5-9-16/h2-15,22H,1H3,(H2,25,26,29)/t22-/m1/s1. The van der Waals surface area contributed by atoms with Gasteiger partial charge in [-0.2, -0.15) is 0 Å². The van der Waals surface area contributed by atoms with Crippen LogP contribution in [0.1, 0.15) is 27.5 Å². The molecule has 0 radical (unpaired) electrons. The van der Waals surface area contributed by atoms with Gasteiger partial charge in [0.1, 0.15) is 5.75 Å². The highest BCUT2D eigenvalue weighted by Gasteiger charge is 2.32. The molecule has 5 heteroatoms. The van der Waals surface area contributed by atoms with Crippen molar-refractivity contribution in [2.75, 3.05) is 7.11 Å². The number of rotatable bonds is 5. The molecule has 0 saturated heterocycles. The fourth-order valence-electron chi connectivity index (χ4n) is 3.43. The van der Waals surface area contributed by atoms with E-state index in [1.807, 2.05) is 84.9 Å². The number of carbonyl (C=O) groups is 1. The minimum atomic E-state index is -0.377. The van der Waals surface area contributed by atoms with Gasteiger partial charge < -0.3 is 15.4 Å². The Hall–Kier alpha value is -3.44. The van der Waals surface area contributed by atoms with Gasteiger partial charge in [0, 0.05) is 5.56 Å². The van der Waals surface area contributed by atoms with Gasteiger partial charge in [-0.25, -0.2) is 0 Å². The van der Waals surface area contributed by atoms with Gasteiger partial charge in [-0.15, -0.1) is 0 Å². The van der Waals surface area contributed by atoms with E-state index in [2.05, 4.69) is 10.6 Å². The average Bonchev–Trinajstić information content (AvgIpc) is 2.79. The molecule has 3 aromatic rings. The number of thiocarbonyl (C=S) groups is 1. The Morgan fingerprint density at radius 2 is 1.52 bits per heavy atom. The summed E-state index contributed by atoms with van der Waals surface area (Å²) < 4.78 is 5.27. The Bertz CT molecular complexity index is 1060. The lowest BCUT2D eigenvalue weighted by molar-refractivity contribution is 0.102. The van der Waals surface area contributed by atoms with Crippen LogP contribution in [-0.2, 0) is 0 Å². The normalized spacial score (nSPS) is 16.0. The number of methoxy groups -OCH3 is 1. The highest BCUT2D eigenvalue weighted by atomic mass is 32.1. The first-order valence-electron chi connectivity index (χ1n) is 9.28. The predicted octanol–water partition coefficient (Wildman–Crippen LogP) is 4.51. The Morgan fingerprint density at radius 3 is 2.14 bits per heavy atom. The number of benzene rings is 3. The van der Waals surface area contributed by atoms with Crippen molar-refractivity contribution in [3.8, 4) is 5.75 Å². The smallest absolute Gasteiger partial charge is 0.193 e. The van der Waals surface area contributed by atoms with Gasteiger partial charge in [0.2, 0.25) is 0 Å². The molecule has 0 saturated carbocycles. The first kappa shape index (κ1) is 18.9. The van der Waals surface area contributed by atoms with E-state index in [0.717, 1.165) is 22.6 Å². The van der Waals surface area contributed by atoms with Crippen LogP contribution in [0.5, 0.6) is 5.75 Å². The van der Waals surface area contributed by atoms with Gasteiger partial charge in [-0.05, 0) is 35.5 Å². The minimum Gasteiger partial charge on any atom is -0.497 e. The molecule has 0 aromatic heterocycles. The second kappa shape index (κ2) is 8.29. The van der Waals surface area contributed by atoms with E-state index in [-0.39, 0.29) is 11.8 Å². The Kier molecular flexibility index (Phi) is 5.40. The second-order valence-corrected chi connectivity index (χ2v) is 7.06. The van der Waals surface area contributed by atoms with Crippen molar-refractivity contribution in [3.63, 3.8) is 0 Å². The maximum atomic E-state index is 13.6. The third-order valence-corrected chi connectivity index (χ3v) is 5.08. The van der Waals surface area contributed by atoms with Gasteiger partial charge in [-0.3, -0.25) is 4.79 Å². The minimum absolute atomic E-state index is 0.0484. The van der Waals surface area contributed by atoms with Crippen LogP contribution in [0.4, 0.5) is 0 Å². The van der Waals surface area contributed by atoms with Gasteiger partial charge in [0.05, 0.1) is 24.4 Å². The van der Waals surface area contributed by atoms with Crippen LogP contribution in [-0.4, -0.2) is 18.0 Å². The summed E-state index contributed by atoms with van der Waals surface area (Å²) in [5.41, 5.74) is 3.83. The van der Waals surface area contributed by atoms with Gasteiger partial charge in [0.25, 0.3) is 0 Å². The maximum Gasteiger partial charge on any atom is 0.193 e. The Balaban J connectivity index is 1.90. The Labute approximate surface area is 175 Å². The van der Waals surface area contributed by atoms with Crippen LogP contribution in [0, 0.1) is 0 Å². The zero-order valence-corrected chi connectivity index (χ0v) is 16.7. The van der Waals surface area contributed by atoms with Crippen LogP contribution in [0.3, 0.4) is 0 Å². The fourth-order valence-corrected chi connectivity index (χ4v) is 3.65. The van der Waals surface area contributed by atoms with Crippen LogP contribution >= 0.6 is 12.2 Å². The molecule has 4 rings (SSSR count). The van der Waals surface area contributed by atoms with E-state index in [1.54, 1.807) is 7.11 Å². The monoisotopic (exact) mass is 400 g/mol. The van der Waals surface area contributed by atoms with Crippen molar-refractivity contribution in [3.05, 3.63) is 107 Å². The van der Waals surface area contributed by atoms with E-state index >= 15 is 0 Å². The van der Waals surface area contributed by atoms with Crippen molar-refractivity contribution < 1.29 is 9.53 Å². The molecular formula is C24H20N2O2S. The zero-order chi connectivity index (χ0) is 20.2. The van der Waals surface area contributed by atoms with Crippen LogP contribution in [0.15, 0.2) is 90.5 Å². The summed E-state index contributed by atoms with van der Waals surface area (Å²) in [5, 5.41) is 6.96. The summed E-state index contributed by atoms with van der Waals surface area (Å²) >= 11 is 5.47. The average molecular weight is 401 g/mol. The quantitative estimate of drug-likeness (QED) is 0.488. The highest BCUT2D eigenvalue weighted by molar-refractivity contribution is 7.80. The van der Waals surface area contributed by atoms with Crippen molar-refractivity contribution in [2.45, 2.75) is 6.04 Å². The first-order valence-corrected chi connectivity index (χ1v) is 9.69.